The molecule has 0 radical (unpaired) electrons. The lowest BCUT2D eigenvalue weighted by molar-refractivity contribution is -0.392. The van der Waals surface area contributed by atoms with E-state index in [1.807, 2.05) is 0 Å². The highest BCUT2D eigenvalue weighted by Gasteiger charge is 2.83. The molecule has 0 saturated carbocycles. The van der Waals surface area contributed by atoms with Gasteiger partial charge in [-0.3, -0.25) is 0 Å². The molecular weight excluding hydrogens is 411 g/mol. The summed E-state index contributed by atoms with van der Waals surface area (Å²) in [7, 11) is 1.04. The van der Waals surface area contributed by atoms with Crippen molar-refractivity contribution in [3.05, 3.63) is 30.0 Å². The lowest BCUT2D eigenvalue weighted by atomic mass is 10.0. The number of ether oxygens (including phenoxy) is 2. The Kier molecular flexibility index (Phi) is 5.83. The molecule has 1 aromatic carbocycles. The Labute approximate surface area is 143 Å². The van der Waals surface area contributed by atoms with Crippen LogP contribution in [0, 0.1) is 0 Å². The first-order chi connectivity index (χ1) is 12.0. The Balaban J connectivity index is 3.32. The molecule has 0 bridgehead atoms. The first-order valence-corrected chi connectivity index (χ1v) is 6.38. The molecule has 0 saturated heterocycles. The van der Waals surface area contributed by atoms with Crippen LogP contribution < -0.4 is 15.2 Å². The maximum absolute atomic E-state index is 13.4. The quantitative estimate of drug-likeness (QED) is 0.390. The summed E-state index contributed by atoms with van der Waals surface area (Å²) in [6.07, 6.45) is -7.18. The number of methoxy groups -OCH3 is 1. The zero-order valence-corrected chi connectivity index (χ0v) is 12.8. The van der Waals surface area contributed by atoms with Gasteiger partial charge < -0.3 is 15.2 Å². The van der Waals surface area contributed by atoms with E-state index in [0.717, 1.165) is 13.2 Å². The van der Waals surface area contributed by atoms with E-state index in [1.54, 1.807) is 0 Å². The molecule has 0 aliphatic carbocycles. The van der Waals surface area contributed by atoms with Crippen LogP contribution in [0.5, 0.6) is 11.5 Å². The zero-order chi connectivity index (χ0) is 21.4. The van der Waals surface area contributed by atoms with Gasteiger partial charge in [-0.1, -0.05) is 0 Å². The number of anilines is 1. The van der Waals surface area contributed by atoms with Crippen LogP contribution in [0.15, 0.2) is 30.0 Å². The Morgan fingerprint density at radius 3 is 1.85 bits per heavy atom. The maximum Gasteiger partial charge on any atom is 0.460 e. The van der Waals surface area contributed by atoms with E-state index in [2.05, 4.69) is 9.47 Å². The number of halogens is 11. The molecule has 0 amide bonds. The SMILES string of the molecule is COc1cc(OC(F)=C(F)C(F)(F)C(F)(F)C(F)(F)C(F)(F)F)ccc1N. The molecule has 27 heavy (non-hydrogen) atoms. The van der Waals surface area contributed by atoms with Crippen molar-refractivity contribution in [3.8, 4) is 11.5 Å². The van der Waals surface area contributed by atoms with Gasteiger partial charge in [0.1, 0.15) is 11.5 Å². The average molecular weight is 419 g/mol. The molecule has 14 heteroatoms. The van der Waals surface area contributed by atoms with Crippen LogP contribution in [0.3, 0.4) is 0 Å². The molecule has 0 aliphatic heterocycles. The van der Waals surface area contributed by atoms with Gasteiger partial charge in [0.15, 0.2) is 0 Å². The molecule has 1 aromatic rings. The minimum atomic E-state index is -7.38. The molecule has 0 unspecified atom stereocenters. The molecule has 0 heterocycles. The third-order valence-electron chi connectivity index (χ3n) is 3.01. The van der Waals surface area contributed by atoms with E-state index >= 15 is 0 Å². The lowest BCUT2D eigenvalue weighted by Gasteiger charge is -2.32. The molecular formula is C13H8F11NO2. The minimum absolute atomic E-state index is 0.101. The van der Waals surface area contributed by atoms with Gasteiger partial charge in [0.2, 0.25) is 5.83 Å². The van der Waals surface area contributed by atoms with E-state index in [1.165, 1.54) is 0 Å². The molecule has 154 valence electrons. The van der Waals surface area contributed by atoms with E-state index in [-0.39, 0.29) is 11.4 Å². The number of rotatable bonds is 6. The maximum atomic E-state index is 13.4. The molecule has 0 atom stereocenters. The Morgan fingerprint density at radius 1 is 0.889 bits per heavy atom. The van der Waals surface area contributed by atoms with Gasteiger partial charge in [0.25, 0.3) is 0 Å². The van der Waals surface area contributed by atoms with Crippen molar-refractivity contribution in [2.75, 3.05) is 12.8 Å². The smallest absolute Gasteiger partial charge is 0.460 e. The summed E-state index contributed by atoms with van der Waals surface area (Å²) in [6, 6.07) is -0.873. The molecule has 0 fully saturated rings. The van der Waals surface area contributed by atoms with Crippen molar-refractivity contribution in [2.45, 2.75) is 23.9 Å². The van der Waals surface area contributed by atoms with E-state index in [0.29, 0.717) is 12.1 Å². The highest BCUT2D eigenvalue weighted by molar-refractivity contribution is 5.55. The zero-order valence-electron chi connectivity index (χ0n) is 12.8. The topological polar surface area (TPSA) is 44.5 Å². The van der Waals surface area contributed by atoms with Crippen LogP contribution in [-0.4, -0.2) is 31.1 Å². The van der Waals surface area contributed by atoms with Crippen LogP contribution >= 0.6 is 0 Å². The highest BCUT2D eigenvalue weighted by Crippen LogP contribution is 2.55. The predicted octanol–water partition coefficient (Wildman–Crippen LogP) is 5.23. The second kappa shape index (κ2) is 6.96. The van der Waals surface area contributed by atoms with Crippen LogP contribution in [0.1, 0.15) is 0 Å². The second-order valence-corrected chi connectivity index (χ2v) is 4.81. The van der Waals surface area contributed by atoms with Crippen LogP contribution in [0.25, 0.3) is 0 Å². The molecule has 0 spiro atoms. The molecule has 1 rings (SSSR count). The standard InChI is InChI=1S/C13H8F11NO2/c1-26-7-4-5(2-3-6(7)25)27-9(15)8(14)10(16,17)11(18,19)12(20,21)13(22,23)24/h2-4H,25H2,1H3. The van der Waals surface area contributed by atoms with E-state index < -0.39 is 41.5 Å². The summed E-state index contributed by atoms with van der Waals surface area (Å²) in [4.78, 5) is 0. The minimum Gasteiger partial charge on any atom is -0.494 e. The number of allylic oxidation sites excluding steroid dienone is 1. The summed E-state index contributed by atoms with van der Waals surface area (Å²) >= 11 is 0. The summed E-state index contributed by atoms with van der Waals surface area (Å²) < 4.78 is 149. The van der Waals surface area contributed by atoms with Crippen molar-refractivity contribution in [1.82, 2.24) is 0 Å². The van der Waals surface area contributed by atoms with Gasteiger partial charge in [0, 0.05) is 6.07 Å². The third kappa shape index (κ3) is 3.83. The number of hydrogen-bond acceptors (Lipinski definition) is 3. The number of benzene rings is 1. The summed E-state index contributed by atoms with van der Waals surface area (Å²) in [5.41, 5.74) is 5.24. The van der Waals surface area contributed by atoms with Gasteiger partial charge in [-0.25, -0.2) is 0 Å². The highest BCUT2D eigenvalue weighted by atomic mass is 19.4. The largest absolute Gasteiger partial charge is 0.494 e. The van der Waals surface area contributed by atoms with Crippen molar-refractivity contribution in [3.63, 3.8) is 0 Å². The van der Waals surface area contributed by atoms with Crippen LogP contribution in [0.4, 0.5) is 54.0 Å². The normalized spacial score (nSPS) is 14.7. The van der Waals surface area contributed by atoms with Crippen molar-refractivity contribution in [2.24, 2.45) is 0 Å². The molecule has 0 aromatic heterocycles. The molecule has 0 aliphatic rings. The number of alkyl halides is 9. The monoisotopic (exact) mass is 419 g/mol. The predicted molar refractivity (Wildman–Crippen MR) is 68.2 cm³/mol. The van der Waals surface area contributed by atoms with Gasteiger partial charge >= 0.3 is 30.0 Å². The summed E-state index contributed by atoms with van der Waals surface area (Å²) in [6.45, 7) is 0. The number of nitrogens with two attached hydrogens (primary N) is 1. The second-order valence-electron chi connectivity index (χ2n) is 4.81. The number of hydrogen-bond donors (Lipinski definition) is 1. The van der Waals surface area contributed by atoms with Crippen LogP contribution in [-0.2, 0) is 0 Å². The molecule has 2 N–H and O–H groups in total. The van der Waals surface area contributed by atoms with Gasteiger partial charge in [-0.05, 0) is 12.1 Å². The van der Waals surface area contributed by atoms with Crippen molar-refractivity contribution >= 4 is 5.69 Å². The fourth-order valence-electron chi connectivity index (χ4n) is 1.54. The number of nitrogen functional groups attached to an aromatic ring is 1. The first-order valence-electron chi connectivity index (χ1n) is 6.38. The van der Waals surface area contributed by atoms with Crippen LogP contribution in [0.2, 0.25) is 0 Å². The summed E-state index contributed by atoms with van der Waals surface area (Å²) in [5.74, 6) is -26.8. The van der Waals surface area contributed by atoms with E-state index in [9.17, 15) is 48.3 Å². The third-order valence-corrected chi connectivity index (χ3v) is 3.01. The first kappa shape index (κ1) is 22.6. The van der Waals surface area contributed by atoms with Gasteiger partial charge in [-0.15, -0.1) is 0 Å². The Morgan fingerprint density at radius 2 is 1.41 bits per heavy atom. The Bertz CT molecular complexity index is 727. The fourth-order valence-corrected chi connectivity index (χ4v) is 1.54. The van der Waals surface area contributed by atoms with Gasteiger partial charge in [-0.2, -0.15) is 48.3 Å². The van der Waals surface area contributed by atoms with Crippen molar-refractivity contribution in [1.29, 1.82) is 0 Å². The Hall–Kier alpha value is -2.41. The lowest BCUT2D eigenvalue weighted by Crippen LogP contribution is -2.61. The summed E-state index contributed by atoms with van der Waals surface area (Å²) in [5, 5.41) is 0. The average Bonchev–Trinajstić information content (AvgIpc) is 2.54. The van der Waals surface area contributed by atoms with Crippen molar-refractivity contribution < 1.29 is 57.8 Å². The van der Waals surface area contributed by atoms with Gasteiger partial charge in [0.05, 0.1) is 12.8 Å². The fraction of sp³-hybridized carbons (Fsp3) is 0.385. The molecule has 3 nitrogen and oxygen atoms in total. The van der Waals surface area contributed by atoms with E-state index in [4.69, 9.17) is 5.73 Å².